The van der Waals surface area contributed by atoms with Gasteiger partial charge in [-0.1, -0.05) is 29.8 Å². The summed E-state index contributed by atoms with van der Waals surface area (Å²) in [5, 5.41) is 12.8. The van der Waals surface area contributed by atoms with Crippen LogP contribution in [-0.2, 0) is 17.9 Å². The maximum atomic E-state index is 13.1. The van der Waals surface area contributed by atoms with Crippen molar-refractivity contribution in [2.24, 2.45) is 0 Å². The summed E-state index contributed by atoms with van der Waals surface area (Å²) in [4.78, 5) is 41.9. The molecule has 3 aromatic rings. The largest absolute Gasteiger partial charge is 0.383 e. The van der Waals surface area contributed by atoms with Crippen LogP contribution in [0.4, 0.5) is 11.4 Å². The first-order valence-electron chi connectivity index (χ1n) is 11.0. The maximum Gasteiger partial charge on any atom is 0.265 e. The predicted octanol–water partition coefficient (Wildman–Crippen LogP) is 4.30. The van der Waals surface area contributed by atoms with E-state index in [0.717, 1.165) is 17.5 Å². The Balaban J connectivity index is 1.33. The van der Waals surface area contributed by atoms with Crippen LogP contribution < -0.4 is 10.2 Å². The molecule has 0 saturated carbocycles. The minimum absolute atomic E-state index is 0.111. The summed E-state index contributed by atoms with van der Waals surface area (Å²) in [6.07, 6.45) is 0.253. The van der Waals surface area contributed by atoms with E-state index >= 15 is 0 Å². The van der Waals surface area contributed by atoms with Gasteiger partial charge in [0.2, 0.25) is 0 Å². The highest BCUT2D eigenvalue weighted by atomic mass is 35.5. The molecule has 1 atom stereocenters. The third-order valence-corrected chi connectivity index (χ3v) is 7.32. The van der Waals surface area contributed by atoms with Crippen molar-refractivity contribution in [2.45, 2.75) is 32.0 Å². The molecular formula is C25H22ClN3O4S. The van der Waals surface area contributed by atoms with Gasteiger partial charge in [-0.25, -0.2) is 0 Å². The molecule has 1 fully saturated rings. The van der Waals surface area contributed by atoms with Gasteiger partial charge in [0.1, 0.15) is 6.10 Å². The minimum atomic E-state index is -0.967. The SMILES string of the molecule is O=C(Nc1cccc2c1CN(Cc1cccc(N3CCCC(O)C3=O)c1)C2=O)c1ccc(Cl)s1. The topological polar surface area (TPSA) is 89.9 Å². The van der Waals surface area contributed by atoms with Gasteiger partial charge in [0.15, 0.2) is 0 Å². The second-order valence-electron chi connectivity index (χ2n) is 8.37. The van der Waals surface area contributed by atoms with E-state index < -0.39 is 6.10 Å². The van der Waals surface area contributed by atoms with E-state index in [1.165, 1.54) is 11.3 Å². The number of amides is 3. The first-order valence-corrected chi connectivity index (χ1v) is 12.2. The molecule has 3 amide bonds. The number of carbonyl (C=O) groups is 3. The van der Waals surface area contributed by atoms with Gasteiger partial charge in [-0.2, -0.15) is 0 Å². The van der Waals surface area contributed by atoms with Gasteiger partial charge in [-0.05, 0) is 54.8 Å². The van der Waals surface area contributed by atoms with E-state index in [-0.39, 0.29) is 17.7 Å². The summed E-state index contributed by atoms with van der Waals surface area (Å²) in [5.41, 5.74) is 3.53. The van der Waals surface area contributed by atoms with Gasteiger partial charge in [0, 0.05) is 42.1 Å². The monoisotopic (exact) mass is 495 g/mol. The summed E-state index contributed by atoms with van der Waals surface area (Å²) in [7, 11) is 0. The Kier molecular flexibility index (Phi) is 6.12. The van der Waals surface area contributed by atoms with Crippen molar-refractivity contribution in [2.75, 3.05) is 16.8 Å². The molecule has 1 unspecified atom stereocenters. The smallest absolute Gasteiger partial charge is 0.265 e. The van der Waals surface area contributed by atoms with Gasteiger partial charge in [0.05, 0.1) is 9.21 Å². The van der Waals surface area contributed by atoms with Crippen LogP contribution in [0.5, 0.6) is 0 Å². The summed E-state index contributed by atoms with van der Waals surface area (Å²) in [5.74, 6) is -0.669. The number of benzene rings is 2. The number of fused-ring (bicyclic) bond motifs is 1. The molecule has 0 bridgehead atoms. The lowest BCUT2D eigenvalue weighted by molar-refractivity contribution is -0.128. The number of hydrogen-bond donors (Lipinski definition) is 2. The summed E-state index contributed by atoms with van der Waals surface area (Å²) < 4.78 is 0.535. The molecule has 2 aliphatic rings. The van der Waals surface area contributed by atoms with Crippen molar-refractivity contribution in [1.82, 2.24) is 4.90 Å². The first kappa shape index (κ1) is 22.6. The van der Waals surface area contributed by atoms with Crippen LogP contribution in [0.1, 0.15) is 44.0 Å². The number of aliphatic hydroxyl groups is 1. The lowest BCUT2D eigenvalue weighted by Gasteiger charge is -2.30. The third-order valence-electron chi connectivity index (χ3n) is 6.09. The van der Waals surface area contributed by atoms with Gasteiger partial charge >= 0.3 is 0 Å². The predicted molar refractivity (Wildman–Crippen MR) is 131 cm³/mol. The lowest BCUT2D eigenvalue weighted by atomic mass is 10.1. The van der Waals surface area contributed by atoms with Crippen LogP contribution in [0.15, 0.2) is 54.6 Å². The normalized spacial score (nSPS) is 17.8. The molecule has 0 radical (unpaired) electrons. The number of nitrogens with zero attached hydrogens (tertiary/aromatic N) is 2. The molecule has 2 N–H and O–H groups in total. The highest BCUT2D eigenvalue weighted by Crippen LogP contribution is 2.32. The average Bonchev–Trinajstić information content (AvgIpc) is 3.40. The first-order chi connectivity index (χ1) is 16.4. The van der Waals surface area contributed by atoms with E-state index in [4.69, 9.17) is 11.6 Å². The number of piperidine rings is 1. The number of rotatable bonds is 5. The number of anilines is 2. The second kappa shape index (κ2) is 9.21. The van der Waals surface area contributed by atoms with Crippen molar-refractivity contribution in [1.29, 1.82) is 0 Å². The quantitative estimate of drug-likeness (QED) is 0.552. The Labute approximate surface area is 205 Å². The number of halogens is 1. The molecule has 174 valence electrons. The van der Waals surface area contributed by atoms with Gasteiger partial charge in [-0.3, -0.25) is 14.4 Å². The summed E-state index contributed by atoms with van der Waals surface area (Å²) in [6.45, 7) is 1.28. The molecule has 3 heterocycles. The fraction of sp³-hybridized carbons (Fsp3) is 0.240. The lowest BCUT2D eigenvalue weighted by Crippen LogP contribution is -2.44. The fourth-order valence-electron chi connectivity index (χ4n) is 4.41. The number of nitrogens with one attached hydrogen (secondary N) is 1. The molecule has 1 saturated heterocycles. The Bertz CT molecular complexity index is 1290. The number of hydrogen-bond acceptors (Lipinski definition) is 5. The van der Waals surface area contributed by atoms with E-state index in [2.05, 4.69) is 5.32 Å². The van der Waals surface area contributed by atoms with Crippen molar-refractivity contribution >= 4 is 52.0 Å². The van der Waals surface area contributed by atoms with Crippen molar-refractivity contribution in [3.8, 4) is 0 Å². The van der Waals surface area contributed by atoms with E-state index in [0.29, 0.717) is 52.2 Å². The van der Waals surface area contributed by atoms with Gasteiger partial charge < -0.3 is 20.2 Å². The molecule has 7 nitrogen and oxygen atoms in total. The molecular weight excluding hydrogens is 474 g/mol. The Hall–Kier alpha value is -3.20. The molecule has 2 aliphatic heterocycles. The highest BCUT2D eigenvalue weighted by Gasteiger charge is 2.31. The Morgan fingerprint density at radius 2 is 1.97 bits per heavy atom. The maximum absolute atomic E-state index is 13.1. The molecule has 0 spiro atoms. The van der Waals surface area contributed by atoms with Crippen LogP contribution >= 0.6 is 22.9 Å². The average molecular weight is 496 g/mol. The fourth-order valence-corrected chi connectivity index (χ4v) is 5.35. The highest BCUT2D eigenvalue weighted by molar-refractivity contribution is 7.18. The molecule has 1 aromatic heterocycles. The standard InChI is InChI=1S/C25H22ClN3O4S/c26-22-10-9-21(34-22)23(31)27-19-7-2-6-17-18(19)14-28(24(17)32)13-15-4-1-5-16(12-15)29-11-3-8-20(30)25(29)33/h1-2,4-7,9-10,12,20,30H,3,8,11,13-14H2,(H,27,31). The zero-order valence-corrected chi connectivity index (χ0v) is 19.7. The number of thiophene rings is 1. The van der Waals surface area contributed by atoms with Crippen molar-refractivity contribution in [3.63, 3.8) is 0 Å². The van der Waals surface area contributed by atoms with E-state index in [9.17, 15) is 19.5 Å². The third kappa shape index (κ3) is 4.32. The number of aliphatic hydroxyl groups excluding tert-OH is 1. The zero-order chi connectivity index (χ0) is 23.8. The Morgan fingerprint density at radius 1 is 1.15 bits per heavy atom. The van der Waals surface area contributed by atoms with Crippen molar-refractivity contribution < 1.29 is 19.5 Å². The van der Waals surface area contributed by atoms with Crippen LogP contribution in [0.3, 0.4) is 0 Å². The van der Waals surface area contributed by atoms with Crippen molar-refractivity contribution in [3.05, 3.63) is 80.5 Å². The van der Waals surface area contributed by atoms with E-state index in [1.54, 1.807) is 40.1 Å². The van der Waals surface area contributed by atoms with Gasteiger partial charge in [-0.15, -0.1) is 11.3 Å². The van der Waals surface area contributed by atoms with Gasteiger partial charge in [0.25, 0.3) is 17.7 Å². The number of carbonyl (C=O) groups excluding carboxylic acids is 3. The molecule has 2 aromatic carbocycles. The molecule has 34 heavy (non-hydrogen) atoms. The molecule has 5 rings (SSSR count). The zero-order valence-electron chi connectivity index (χ0n) is 18.2. The van der Waals surface area contributed by atoms with Crippen LogP contribution in [0, 0.1) is 0 Å². The summed E-state index contributed by atoms with van der Waals surface area (Å²) >= 11 is 7.14. The Morgan fingerprint density at radius 3 is 2.76 bits per heavy atom. The molecule has 9 heteroatoms. The van der Waals surface area contributed by atoms with Crippen LogP contribution in [0.2, 0.25) is 4.34 Å². The summed E-state index contributed by atoms with van der Waals surface area (Å²) in [6, 6.07) is 16.1. The van der Waals surface area contributed by atoms with Crippen LogP contribution in [-0.4, -0.2) is 40.4 Å². The molecule has 0 aliphatic carbocycles. The minimum Gasteiger partial charge on any atom is -0.383 e. The van der Waals surface area contributed by atoms with E-state index in [1.807, 2.05) is 24.3 Å². The van der Waals surface area contributed by atoms with Crippen LogP contribution in [0.25, 0.3) is 0 Å². The second-order valence-corrected chi connectivity index (χ2v) is 10.1.